The van der Waals surface area contributed by atoms with Crippen molar-refractivity contribution in [2.75, 3.05) is 12.3 Å². The highest BCUT2D eigenvalue weighted by molar-refractivity contribution is 6.35. The zero-order valence-electron chi connectivity index (χ0n) is 18.7. The van der Waals surface area contributed by atoms with Crippen LogP contribution in [0.5, 0.6) is 0 Å². The summed E-state index contributed by atoms with van der Waals surface area (Å²) < 4.78 is 46.4. The van der Waals surface area contributed by atoms with Crippen LogP contribution in [0.3, 0.4) is 0 Å². The average molecular weight is 386 g/mol. The Morgan fingerprint density at radius 3 is 2.80 bits per heavy atom. The number of halogens is 2. The van der Waals surface area contributed by atoms with Crippen molar-refractivity contribution in [2.24, 2.45) is 14.0 Å². The maximum Gasteiger partial charge on any atom is 0.261 e. The Bertz CT molecular complexity index is 1250. The summed E-state index contributed by atoms with van der Waals surface area (Å²) in [6.07, 6.45) is 3.58. The summed E-state index contributed by atoms with van der Waals surface area (Å²) in [6, 6.07) is 1.27. The minimum atomic E-state index is -2.77. The highest BCUT2D eigenvalue weighted by Crippen LogP contribution is 2.31. The Morgan fingerprint density at radius 2 is 2.08 bits per heavy atom. The third kappa shape index (κ3) is 2.96. The molecule has 0 spiro atoms. The molecule has 1 amide bonds. The van der Waals surface area contributed by atoms with Crippen LogP contribution in [-0.2, 0) is 14.0 Å². The number of pyridine rings is 2. The number of nitrogens with one attached hydrogen (secondary N) is 2. The van der Waals surface area contributed by atoms with E-state index in [2.05, 4.69) is 10.3 Å². The molecule has 7 nitrogen and oxygen atoms in total. The van der Waals surface area contributed by atoms with Gasteiger partial charge in [0.15, 0.2) is 0 Å². The summed E-state index contributed by atoms with van der Waals surface area (Å²) in [5.41, 5.74) is -0.544. The van der Waals surface area contributed by atoms with Gasteiger partial charge in [-0.3, -0.25) is 9.59 Å². The molecule has 3 aromatic heterocycles. The van der Waals surface area contributed by atoms with E-state index in [9.17, 15) is 9.59 Å². The molecule has 0 saturated heterocycles. The highest BCUT2D eigenvalue weighted by Gasteiger charge is 2.18. The summed E-state index contributed by atoms with van der Waals surface area (Å²) in [5.74, 6) is -0.954. The lowest BCUT2D eigenvalue weighted by atomic mass is 10.2. The van der Waals surface area contributed by atoms with E-state index in [1.165, 1.54) is 16.8 Å². The topological polar surface area (TPSA) is 81.0 Å². The van der Waals surface area contributed by atoms with Gasteiger partial charge in [-0.05, 0) is 6.07 Å². The molecule has 3 aromatic rings. The van der Waals surface area contributed by atoms with E-state index in [0.717, 1.165) is 12.4 Å². The van der Waals surface area contributed by atoms with Gasteiger partial charge in [0.25, 0.3) is 11.5 Å². The number of aryl methyl sites for hydroxylation is 2. The Balaban J connectivity index is 2.20. The molecular formula is C16H15Cl2N5O2. The normalized spacial score (nSPS) is 15.5. The molecule has 0 aliphatic heterocycles. The lowest BCUT2D eigenvalue weighted by Gasteiger charge is -2.10. The van der Waals surface area contributed by atoms with Gasteiger partial charge >= 0.3 is 0 Å². The van der Waals surface area contributed by atoms with Gasteiger partial charge in [-0.25, -0.2) is 4.98 Å². The second kappa shape index (κ2) is 6.42. The highest BCUT2D eigenvalue weighted by atomic mass is 35.5. The van der Waals surface area contributed by atoms with Gasteiger partial charge < -0.3 is 19.8 Å². The predicted molar refractivity (Wildman–Crippen MR) is 99.1 cm³/mol. The van der Waals surface area contributed by atoms with E-state index >= 15 is 0 Å². The number of hydrogen-bond acceptors (Lipinski definition) is 4. The fraction of sp³-hybridized carbons (Fsp3) is 0.188. The van der Waals surface area contributed by atoms with Gasteiger partial charge in [0.05, 0.1) is 32.9 Å². The zero-order chi connectivity index (χ0) is 23.3. The van der Waals surface area contributed by atoms with E-state index in [4.69, 9.17) is 31.4 Å². The smallest absolute Gasteiger partial charge is 0.261 e. The molecule has 0 aromatic carbocycles. The molecule has 0 bridgehead atoms. The van der Waals surface area contributed by atoms with Crippen LogP contribution in [0.2, 0.25) is 10.2 Å². The molecule has 9 heteroatoms. The zero-order valence-corrected chi connectivity index (χ0v) is 14.2. The average Bonchev–Trinajstić information content (AvgIpc) is 2.92. The fourth-order valence-electron chi connectivity index (χ4n) is 2.51. The minimum absolute atomic E-state index is 0.00824. The molecule has 0 saturated carbocycles. The van der Waals surface area contributed by atoms with Crippen LogP contribution in [0.25, 0.3) is 10.9 Å². The summed E-state index contributed by atoms with van der Waals surface area (Å²) >= 11 is 12.2. The second-order valence-corrected chi connectivity index (χ2v) is 5.96. The molecule has 3 rings (SSSR count). The van der Waals surface area contributed by atoms with Crippen molar-refractivity contribution in [1.29, 1.82) is 0 Å². The van der Waals surface area contributed by atoms with Crippen LogP contribution in [0.15, 0.2) is 29.5 Å². The maximum absolute atomic E-state index is 12.9. The van der Waals surface area contributed by atoms with Crippen molar-refractivity contribution in [3.05, 3.63) is 50.7 Å². The van der Waals surface area contributed by atoms with Crippen molar-refractivity contribution < 1.29 is 13.0 Å². The van der Waals surface area contributed by atoms with Gasteiger partial charge in [-0.2, -0.15) is 0 Å². The molecule has 3 heterocycles. The fourth-order valence-corrected chi connectivity index (χ4v) is 2.99. The minimum Gasteiger partial charge on any atom is -0.355 e. The van der Waals surface area contributed by atoms with Crippen molar-refractivity contribution in [1.82, 2.24) is 19.4 Å². The van der Waals surface area contributed by atoms with Crippen molar-refractivity contribution in [2.45, 2.75) is 0 Å². The Morgan fingerprint density at radius 1 is 1.28 bits per heavy atom. The van der Waals surface area contributed by atoms with Crippen LogP contribution in [0.1, 0.15) is 18.6 Å². The Labute approximate surface area is 161 Å². The molecule has 0 aliphatic rings. The summed E-state index contributed by atoms with van der Waals surface area (Å²) in [6.45, 7) is -5.51. The first kappa shape index (κ1) is 11.2. The number of nitrogens with zero attached hydrogens (tertiary/aromatic N) is 3. The molecule has 0 atom stereocenters. The second-order valence-electron chi connectivity index (χ2n) is 5.16. The lowest BCUT2D eigenvalue weighted by molar-refractivity contribution is 0.0963. The maximum atomic E-state index is 12.9. The monoisotopic (exact) mass is 385 g/mol. The van der Waals surface area contributed by atoms with Crippen LogP contribution >= 0.6 is 23.2 Å². The number of anilines is 2. The third-order valence-electron chi connectivity index (χ3n) is 3.58. The standard InChI is InChI=1S/C16H15Cl2N5O2/c1-19-15(24)8-5-20-12(18)4-10(8)21-11-7-22(2)14-9(17)6-23(3)16(25)13(11)14/h4-7H,1-3H3,(H,19,24)(H,20,21)/i1D3,3D3. The van der Waals surface area contributed by atoms with E-state index in [1.54, 1.807) is 7.05 Å². The van der Waals surface area contributed by atoms with Crippen LogP contribution < -0.4 is 16.2 Å². The van der Waals surface area contributed by atoms with Crippen LogP contribution in [0, 0.1) is 0 Å². The molecular weight excluding hydrogens is 365 g/mol. The van der Waals surface area contributed by atoms with E-state index < -0.39 is 25.4 Å². The number of aromatic nitrogens is 3. The number of fused-ring (bicyclic) bond motifs is 1. The number of carbonyl (C=O) groups excluding carboxylic acids is 1. The van der Waals surface area contributed by atoms with Crippen LogP contribution in [0.4, 0.5) is 11.4 Å². The summed E-state index contributed by atoms with van der Waals surface area (Å²) in [4.78, 5) is 29.1. The number of hydrogen-bond donors (Lipinski definition) is 2. The first-order chi connectivity index (χ1) is 14.2. The van der Waals surface area contributed by atoms with E-state index in [1.807, 2.05) is 5.32 Å². The van der Waals surface area contributed by atoms with Crippen molar-refractivity contribution in [3.63, 3.8) is 0 Å². The van der Waals surface area contributed by atoms with Gasteiger partial charge in [-0.15, -0.1) is 0 Å². The SMILES string of the molecule is [2H]C([2H])([2H])NC(=O)c1cnc(Cl)cc1Nc1cn(C)c2c(Cl)cn(C([2H])([2H])[2H])c(=O)c12. The van der Waals surface area contributed by atoms with E-state index in [0.29, 0.717) is 4.57 Å². The third-order valence-corrected chi connectivity index (χ3v) is 4.06. The first-order valence-electron chi connectivity index (χ1n) is 9.85. The number of rotatable bonds is 3. The number of carbonyl (C=O) groups is 1. The largest absolute Gasteiger partial charge is 0.355 e. The van der Waals surface area contributed by atoms with Gasteiger partial charge in [0, 0.05) is 47.8 Å². The molecule has 0 unspecified atom stereocenters. The van der Waals surface area contributed by atoms with Crippen molar-refractivity contribution in [3.8, 4) is 0 Å². The van der Waals surface area contributed by atoms with Gasteiger partial charge in [0.2, 0.25) is 0 Å². The predicted octanol–water partition coefficient (Wildman–Crippen LogP) is 2.68. The van der Waals surface area contributed by atoms with Crippen LogP contribution in [-0.4, -0.2) is 27.0 Å². The molecule has 0 fully saturated rings. The Hall–Kier alpha value is -2.51. The van der Waals surface area contributed by atoms with E-state index in [-0.39, 0.29) is 38.0 Å². The van der Waals surface area contributed by atoms with Crippen molar-refractivity contribution >= 4 is 51.4 Å². The summed E-state index contributed by atoms with van der Waals surface area (Å²) in [5, 5.41) is 4.66. The lowest BCUT2D eigenvalue weighted by Crippen LogP contribution is -2.20. The Kier molecular flexibility index (Phi) is 2.87. The van der Waals surface area contributed by atoms with Gasteiger partial charge in [0.1, 0.15) is 5.15 Å². The van der Waals surface area contributed by atoms with Gasteiger partial charge in [-0.1, -0.05) is 23.2 Å². The molecule has 130 valence electrons. The molecule has 25 heavy (non-hydrogen) atoms. The quantitative estimate of drug-likeness (QED) is 0.679. The molecule has 2 N–H and O–H groups in total. The first-order valence-corrected chi connectivity index (χ1v) is 7.60. The summed E-state index contributed by atoms with van der Waals surface area (Å²) in [7, 11) is 1.60. The number of amides is 1. The molecule has 0 radical (unpaired) electrons. The molecule has 0 aliphatic carbocycles.